The molecule has 0 aromatic carbocycles. The van der Waals surface area contributed by atoms with Crippen molar-refractivity contribution in [1.82, 2.24) is 9.97 Å². The van der Waals surface area contributed by atoms with Crippen molar-refractivity contribution in [3.8, 4) is 0 Å². The Hall–Kier alpha value is -0.840. The van der Waals surface area contributed by atoms with Gasteiger partial charge in [-0.05, 0) is 41.1 Å². The zero-order chi connectivity index (χ0) is 13.0. The zero-order valence-electron chi connectivity index (χ0n) is 11.1. The second-order valence-electron chi connectivity index (χ2n) is 4.98. The fourth-order valence-corrected chi connectivity index (χ4v) is 2.93. The molecule has 1 aliphatic heterocycles. The minimum absolute atomic E-state index is 0.743. The van der Waals surface area contributed by atoms with Crippen LogP contribution >= 0.6 is 15.9 Å². The van der Waals surface area contributed by atoms with Crippen LogP contribution in [0.25, 0.3) is 0 Å². The van der Waals surface area contributed by atoms with E-state index >= 15 is 0 Å². The number of hydrogen-bond acceptors (Lipinski definition) is 4. The molecule has 18 heavy (non-hydrogen) atoms. The van der Waals surface area contributed by atoms with Crippen LogP contribution in [0, 0.1) is 5.92 Å². The molecule has 0 amide bonds. The Kier molecular flexibility index (Phi) is 4.80. The van der Waals surface area contributed by atoms with Crippen molar-refractivity contribution in [1.29, 1.82) is 0 Å². The van der Waals surface area contributed by atoms with Crippen LogP contribution in [0.2, 0.25) is 0 Å². The molecule has 1 aromatic heterocycles. The van der Waals surface area contributed by atoms with Gasteiger partial charge in [0.25, 0.3) is 0 Å². The largest absolute Gasteiger partial charge is 0.369 e. The van der Waals surface area contributed by atoms with Crippen LogP contribution in [-0.4, -0.2) is 29.6 Å². The molecule has 100 valence electrons. The molecule has 1 aromatic rings. The molecule has 1 unspecified atom stereocenters. The highest BCUT2D eigenvalue weighted by molar-refractivity contribution is 9.10. The smallest absolute Gasteiger partial charge is 0.148 e. The molecule has 0 aliphatic carbocycles. The monoisotopic (exact) mass is 312 g/mol. The van der Waals surface area contributed by atoms with E-state index in [9.17, 15) is 0 Å². The third-order valence-corrected chi connectivity index (χ3v) is 4.00. The lowest BCUT2D eigenvalue weighted by atomic mass is 10.0. The second kappa shape index (κ2) is 6.36. The first-order valence-electron chi connectivity index (χ1n) is 6.71. The Bertz CT molecular complexity index is 397. The highest BCUT2D eigenvalue weighted by atomic mass is 79.9. The van der Waals surface area contributed by atoms with Gasteiger partial charge in [0, 0.05) is 19.6 Å². The molecule has 0 spiro atoms. The van der Waals surface area contributed by atoms with Crippen LogP contribution in [0.5, 0.6) is 0 Å². The van der Waals surface area contributed by atoms with E-state index in [1.807, 2.05) is 0 Å². The van der Waals surface area contributed by atoms with E-state index in [-0.39, 0.29) is 0 Å². The molecule has 0 radical (unpaired) electrons. The average Bonchev–Trinajstić information content (AvgIpc) is 2.37. The molecular weight excluding hydrogens is 292 g/mol. The van der Waals surface area contributed by atoms with Gasteiger partial charge in [0.15, 0.2) is 0 Å². The summed E-state index contributed by atoms with van der Waals surface area (Å²) in [6, 6.07) is 0. The summed E-state index contributed by atoms with van der Waals surface area (Å²) in [5.41, 5.74) is 0. The molecule has 1 atom stereocenters. The van der Waals surface area contributed by atoms with Crippen LogP contribution in [0.4, 0.5) is 11.6 Å². The van der Waals surface area contributed by atoms with Gasteiger partial charge in [-0.15, -0.1) is 0 Å². The van der Waals surface area contributed by atoms with Gasteiger partial charge in [-0.2, -0.15) is 0 Å². The predicted octanol–water partition coefficient (Wildman–Crippen LogP) is 3.30. The van der Waals surface area contributed by atoms with Gasteiger partial charge in [0.05, 0.1) is 0 Å². The van der Waals surface area contributed by atoms with Gasteiger partial charge in [-0.3, -0.25) is 0 Å². The molecule has 5 heteroatoms. The zero-order valence-corrected chi connectivity index (χ0v) is 12.7. The molecule has 1 saturated heterocycles. The number of piperidine rings is 1. The Morgan fingerprint density at radius 1 is 1.50 bits per heavy atom. The fraction of sp³-hybridized carbons (Fsp3) is 0.692. The Balaban J connectivity index is 2.16. The summed E-state index contributed by atoms with van der Waals surface area (Å²) < 4.78 is 0.993. The fourth-order valence-electron chi connectivity index (χ4n) is 2.33. The first-order valence-corrected chi connectivity index (χ1v) is 7.51. The van der Waals surface area contributed by atoms with Gasteiger partial charge in [0.2, 0.25) is 0 Å². The summed E-state index contributed by atoms with van der Waals surface area (Å²) in [7, 11) is 0. The molecule has 2 rings (SSSR count). The third kappa shape index (κ3) is 3.13. The van der Waals surface area contributed by atoms with Crippen LogP contribution in [0.1, 0.15) is 33.1 Å². The molecule has 0 bridgehead atoms. The SMILES string of the molecule is CCCNc1ncnc(N2CCCC(C)C2)c1Br. The van der Waals surface area contributed by atoms with Crippen LogP contribution in [-0.2, 0) is 0 Å². The Labute approximate surface area is 117 Å². The summed E-state index contributed by atoms with van der Waals surface area (Å²) in [6.07, 6.45) is 5.30. The van der Waals surface area contributed by atoms with Gasteiger partial charge in [0.1, 0.15) is 22.4 Å². The van der Waals surface area contributed by atoms with Gasteiger partial charge in [-0.25, -0.2) is 9.97 Å². The van der Waals surface area contributed by atoms with Gasteiger partial charge in [-0.1, -0.05) is 13.8 Å². The predicted molar refractivity (Wildman–Crippen MR) is 79.1 cm³/mol. The van der Waals surface area contributed by atoms with Crippen LogP contribution in [0.3, 0.4) is 0 Å². The number of aromatic nitrogens is 2. The van der Waals surface area contributed by atoms with E-state index < -0.39 is 0 Å². The highest BCUT2D eigenvalue weighted by Crippen LogP contribution is 2.31. The molecule has 2 heterocycles. The lowest BCUT2D eigenvalue weighted by Gasteiger charge is -2.32. The number of hydrogen-bond donors (Lipinski definition) is 1. The maximum Gasteiger partial charge on any atom is 0.148 e. The molecule has 1 N–H and O–H groups in total. The normalized spacial score (nSPS) is 19.9. The minimum Gasteiger partial charge on any atom is -0.369 e. The Morgan fingerprint density at radius 2 is 2.33 bits per heavy atom. The van der Waals surface area contributed by atoms with Crippen LogP contribution in [0.15, 0.2) is 10.8 Å². The summed E-state index contributed by atoms with van der Waals surface area (Å²) in [6.45, 7) is 7.56. The summed E-state index contributed by atoms with van der Waals surface area (Å²) >= 11 is 3.64. The molecule has 1 fully saturated rings. The average molecular weight is 313 g/mol. The van der Waals surface area contributed by atoms with Crippen molar-refractivity contribution in [3.63, 3.8) is 0 Å². The van der Waals surface area contributed by atoms with E-state index in [1.54, 1.807) is 6.33 Å². The topological polar surface area (TPSA) is 41.1 Å². The molecule has 0 saturated carbocycles. The first kappa shape index (κ1) is 13.6. The summed E-state index contributed by atoms with van der Waals surface area (Å²) in [5.74, 6) is 2.67. The lowest BCUT2D eigenvalue weighted by molar-refractivity contribution is 0.444. The van der Waals surface area contributed by atoms with Crippen molar-refractivity contribution >= 4 is 27.6 Å². The van der Waals surface area contributed by atoms with E-state index in [2.05, 4.69) is 50.0 Å². The van der Waals surface area contributed by atoms with E-state index in [1.165, 1.54) is 12.8 Å². The van der Waals surface area contributed by atoms with Crippen molar-refractivity contribution in [2.24, 2.45) is 5.92 Å². The molecular formula is C13H21BrN4. The number of anilines is 2. The van der Waals surface area contributed by atoms with Crippen molar-refractivity contribution < 1.29 is 0 Å². The van der Waals surface area contributed by atoms with E-state index in [4.69, 9.17) is 0 Å². The van der Waals surface area contributed by atoms with Crippen LogP contribution < -0.4 is 10.2 Å². The van der Waals surface area contributed by atoms with Gasteiger partial charge >= 0.3 is 0 Å². The molecule has 4 nitrogen and oxygen atoms in total. The standard InChI is InChI=1S/C13H21BrN4/c1-3-6-15-12-11(14)13(17-9-16-12)18-7-4-5-10(2)8-18/h9-10H,3-8H2,1-2H3,(H,15,16,17). The van der Waals surface area contributed by atoms with Crippen molar-refractivity contribution in [2.75, 3.05) is 29.9 Å². The lowest BCUT2D eigenvalue weighted by Crippen LogP contribution is -2.35. The minimum atomic E-state index is 0.743. The third-order valence-electron chi connectivity index (χ3n) is 3.27. The van der Waals surface area contributed by atoms with E-state index in [0.717, 1.165) is 48.1 Å². The summed E-state index contributed by atoms with van der Waals surface area (Å²) in [4.78, 5) is 11.1. The second-order valence-corrected chi connectivity index (χ2v) is 5.77. The van der Waals surface area contributed by atoms with E-state index in [0.29, 0.717) is 0 Å². The number of halogens is 1. The quantitative estimate of drug-likeness (QED) is 0.926. The number of nitrogens with one attached hydrogen (secondary N) is 1. The summed E-state index contributed by atoms with van der Waals surface area (Å²) in [5, 5.41) is 3.33. The molecule has 1 aliphatic rings. The van der Waals surface area contributed by atoms with Gasteiger partial charge < -0.3 is 10.2 Å². The highest BCUT2D eigenvalue weighted by Gasteiger charge is 2.20. The first-order chi connectivity index (χ1) is 8.72. The maximum absolute atomic E-state index is 4.43. The maximum atomic E-state index is 4.43. The van der Waals surface area contributed by atoms with Crippen molar-refractivity contribution in [3.05, 3.63) is 10.8 Å². The van der Waals surface area contributed by atoms with Crippen molar-refractivity contribution in [2.45, 2.75) is 33.1 Å². The number of nitrogens with zero attached hydrogens (tertiary/aromatic N) is 3. The number of rotatable bonds is 4. The Morgan fingerprint density at radius 3 is 3.06 bits per heavy atom.